The Hall–Kier alpha value is -1.41. The van der Waals surface area contributed by atoms with Gasteiger partial charge >= 0.3 is 0 Å². The molecule has 1 unspecified atom stereocenters. The van der Waals surface area contributed by atoms with E-state index in [0.717, 1.165) is 13.0 Å². The van der Waals surface area contributed by atoms with Crippen molar-refractivity contribution in [3.8, 4) is 0 Å². The summed E-state index contributed by atoms with van der Waals surface area (Å²) in [6, 6.07) is 5.53. The van der Waals surface area contributed by atoms with E-state index in [1.807, 2.05) is 23.8 Å². The molecule has 0 aromatic heterocycles. The van der Waals surface area contributed by atoms with Crippen molar-refractivity contribution in [3.05, 3.63) is 30.1 Å². The highest BCUT2D eigenvalue weighted by Gasteiger charge is 2.27. The number of rotatable bonds is 7. The van der Waals surface area contributed by atoms with Crippen molar-refractivity contribution in [1.29, 1.82) is 0 Å². The monoisotopic (exact) mass is 422 g/mol. The van der Waals surface area contributed by atoms with Gasteiger partial charge in [-0.2, -0.15) is 0 Å². The number of amides is 2. The van der Waals surface area contributed by atoms with E-state index < -0.39 is 0 Å². The number of nitrogens with zero attached hydrogens (tertiary/aromatic N) is 2. The lowest BCUT2D eigenvalue weighted by molar-refractivity contribution is -0.133. The first kappa shape index (κ1) is 25.6. The maximum Gasteiger partial charge on any atom is 0.241 e. The van der Waals surface area contributed by atoms with Crippen LogP contribution in [0.2, 0.25) is 0 Å². The minimum absolute atomic E-state index is 0. The molecule has 0 bridgehead atoms. The number of hydrogen-bond acceptors (Lipinski definition) is 4. The third-order valence-electron chi connectivity index (χ3n) is 4.50. The Labute approximate surface area is 172 Å². The number of nitrogens with one attached hydrogen (secondary N) is 2. The molecule has 0 spiro atoms. The van der Waals surface area contributed by atoms with Gasteiger partial charge < -0.3 is 15.5 Å². The molecule has 2 amide bonds. The highest BCUT2D eigenvalue weighted by atomic mass is 35.5. The Bertz CT molecular complexity index is 598. The summed E-state index contributed by atoms with van der Waals surface area (Å²) in [5.74, 6) is -0.373. The van der Waals surface area contributed by atoms with Gasteiger partial charge in [-0.25, -0.2) is 4.39 Å². The van der Waals surface area contributed by atoms with Crippen molar-refractivity contribution < 1.29 is 14.0 Å². The Kier molecular flexibility index (Phi) is 12.2. The minimum Gasteiger partial charge on any atom is -0.340 e. The van der Waals surface area contributed by atoms with Gasteiger partial charge in [-0.3, -0.25) is 14.5 Å². The van der Waals surface area contributed by atoms with E-state index in [1.54, 1.807) is 12.1 Å². The molecule has 27 heavy (non-hydrogen) atoms. The first-order chi connectivity index (χ1) is 12.0. The second-order valence-electron chi connectivity index (χ2n) is 6.30. The molecular weight excluding hydrogens is 394 g/mol. The number of carbonyl (C=O) groups excluding carboxylic acids is 2. The molecule has 1 aliphatic heterocycles. The van der Waals surface area contributed by atoms with Gasteiger partial charge in [-0.05, 0) is 45.1 Å². The van der Waals surface area contributed by atoms with Gasteiger partial charge in [0.05, 0.1) is 6.04 Å². The molecule has 6 nitrogen and oxygen atoms in total. The number of halogens is 3. The van der Waals surface area contributed by atoms with E-state index in [2.05, 4.69) is 10.6 Å². The Morgan fingerprint density at radius 3 is 2.44 bits per heavy atom. The largest absolute Gasteiger partial charge is 0.340 e. The van der Waals surface area contributed by atoms with E-state index in [0.29, 0.717) is 38.3 Å². The minimum atomic E-state index is -0.379. The molecule has 1 aromatic carbocycles. The number of hydrogen-bond donors (Lipinski definition) is 2. The summed E-state index contributed by atoms with van der Waals surface area (Å²) in [5.41, 5.74) is 0.454. The molecule has 0 radical (unpaired) electrons. The van der Waals surface area contributed by atoms with Crippen LogP contribution in [0.15, 0.2) is 24.3 Å². The fraction of sp³-hybridized carbons (Fsp3) is 0.556. The van der Waals surface area contributed by atoms with Crippen LogP contribution in [0.25, 0.3) is 0 Å². The zero-order valence-corrected chi connectivity index (χ0v) is 17.4. The fourth-order valence-electron chi connectivity index (χ4n) is 2.91. The maximum atomic E-state index is 13.2. The van der Waals surface area contributed by atoms with Gasteiger partial charge in [0.2, 0.25) is 11.8 Å². The lowest BCUT2D eigenvalue weighted by Crippen LogP contribution is -2.54. The van der Waals surface area contributed by atoms with Crippen LogP contribution in [-0.4, -0.2) is 67.4 Å². The van der Waals surface area contributed by atoms with Crippen LogP contribution < -0.4 is 10.6 Å². The molecule has 2 N–H and O–H groups in total. The lowest BCUT2D eigenvalue weighted by atomic mass is 10.2. The van der Waals surface area contributed by atoms with Gasteiger partial charge in [0.25, 0.3) is 0 Å². The quantitative estimate of drug-likeness (QED) is 0.660. The molecule has 9 heteroatoms. The van der Waals surface area contributed by atoms with Crippen LogP contribution in [0.4, 0.5) is 10.1 Å². The zero-order chi connectivity index (χ0) is 18.2. The number of carbonyl (C=O) groups is 2. The van der Waals surface area contributed by atoms with Gasteiger partial charge in [0.15, 0.2) is 0 Å². The third kappa shape index (κ3) is 8.01. The van der Waals surface area contributed by atoms with Gasteiger partial charge in [-0.1, -0.05) is 6.07 Å². The number of anilines is 1. The predicted molar refractivity (Wildman–Crippen MR) is 110 cm³/mol. The van der Waals surface area contributed by atoms with Gasteiger partial charge in [0, 0.05) is 38.3 Å². The van der Waals surface area contributed by atoms with Crippen LogP contribution in [0.3, 0.4) is 0 Å². The van der Waals surface area contributed by atoms with Crippen molar-refractivity contribution >= 4 is 42.3 Å². The van der Waals surface area contributed by atoms with Crippen LogP contribution in [0.1, 0.15) is 19.8 Å². The van der Waals surface area contributed by atoms with Crippen molar-refractivity contribution in [2.45, 2.75) is 25.8 Å². The van der Waals surface area contributed by atoms with Crippen LogP contribution in [0.5, 0.6) is 0 Å². The Balaban J connectivity index is 0.00000338. The average molecular weight is 423 g/mol. The SMILES string of the molecule is CNCCCC(=O)N1CCN(C(C)C(=O)Nc2cccc(F)c2)CC1.Cl.Cl. The summed E-state index contributed by atoms with van der Waals surface area (Å²) in [6.45, 7) is 5.26. The van der Waals surface area contributed by atoms with E-state index >= 15 is 0 Å². The smallest absolute Gasteiger partial charge is 0.241 e. The molecule has 1 saturated heterocycles. The zero-order valence-electron chi connectivity index (χ0n) is 15.7. The summed E-state index contributed by atoms with van der Waals surface area (Å²) in [7, 11) is 1.87. The highest BCUT2D eigenvalue weighted by molar-refractivity contribution is 5.94. The van der Waals surface area contributed by atoms with Gasteiger partial charge in [0.1, 0.15) is 5.82 Å². The second-order valence-corrected chi connectivity index (χ2v) is 6.30. The van der Waals surface area contributed by atoms with Crippen molar-refractivity contribution in [2.24, 2.45) is 0 Å². The van der Waals surface area contributed by atoms with Crippen molar-refractivity contribution in [3.63, 3.8) is 0 Å². The molecule has 0 saturated carbocycles. The topological polar surface area (TPSA) is 64.7 Å². The lowest BCUT2D eigenvalue weighted by Gasteiger charge is -2.37. The summed E-state index contributed by atoms with van der Waals surface area (Å²) in [5, 5.41) is 5.78. The number of benzene rings is 1. The molecule has 1 heterocycles. The third-order valence-corrected chi connectivity index (χ3v) is 4.50. The van der Waals surface area contributed by atoms with Crippen molar-refractivity contribution in [2.75, 3.05) is 45.1 Å². The number of piperazine rings is 1. The average Bonchev–Trinajstić information content (AvgIpc) is 2.61. The molecule has 0 aliphatic carbocycles. The normalized spacial score (nSPS) is 15.3. The fourth-order valence-corrected chi connectivity index (χ4v) is 2.91. The summed E-state index contributed by atoms with van der Waals surface area (Å²) >= 11 is 0. The van der Waals surface area contributed by atoms with Crippen LogP contribution >= 0.6 is 24.8 Å². The van der Waals surface area contributed by atoms with Crippen LogP contribution in [-0.2, 0) is 9.59 Å². The van der Waals surface area contributed by atoms with E-state index in [9.17, 15) is 14.0 Å². The Morgan fingerprint density at radius 2 is 1.85 bits per heavy atom. The van der Waals surface area contributed by atoms with E-state index in [4.69, 9.17) is 0 Å². The molecule has 154 valence electrons. The van der Waals surface area contributed by atoms with E-state index in [1.165, 1.54) is 12.1 Å². The van der Waals surface area contributed by atoms with E-state index in [-0.39, 0.29) is 48.5 Å². The second kappa shape index (κ2) is 12.9. The molecule has 1 aliphatic rings. The highest BCUT2D eigenvalue weighted by Crippen LogP contribution is 2.13. The van der Waals surface area contributed by atoms with Crippen LogP contribution in [0, 0.1) is 5.82 Å². The molecule has 2 rings (SSSR count). The summed E-state index contributed by atoms with van der Waals surface area (Å²) < 4.78 is 13.2. The standard InChI is InChI=1S/C18H27FN4O2.2ClH/c1-14(18(25)21-16-6-3-5-15(19)13-16)22-9-11-23(12-10-22)17(24)7-4-8-20-2;;/h3,5-6,13-14,20H,4,7-12H2,1-2H3,(H,21,25);2*1H. The first-order valence-electron chi connectivity index (χ1n) is 8.74. The Morgan fingerprint density at radius 1 is 1.19 bits per heavy atom. The molecule has 1 aromatic rings. The van der Waals surface area contributed by atoms with Gasteiger partial charge in [-0.15, -0.1) is 24.8 Å². The summed E-state index contributed by atoms with van der Waals surface area (Å²) in [4.78, 5) is 28.4. The predicted octanol–water partition coefficient (Wildman–Crippen LogP) is 2.14. The molecule has 1 fully saturated rings. The van der Waals surface area contributed by atoms with Crippen molar-refractivity contribution in [1.82, 2.24) is 15.1 Å². The molecular formula is C18H29Cl2FN4O2. The maximum absolute atomic E-state index is 13.2. The molecule has 1 atom stereocenters. The summed E-state index contributed by atoms with van der Waals surface area (Å²) in [6.07, 6.45) is 1.39. The first-order valence-corrected chi connectivity index (χ1v) is 8.74.